The van der Waals surface area contributed by atoms with Gasteiger partial charge in [-0.1, -0.05) is 11.6 Å². The molecule has 5 rings (SSSR count). The lowest BCUT2D eigenvalue weighted by Crippen LogP contribution is -2.62. The monoisotopic (exact) mass is 495 g/mol. The third-order valence-electron chi connectivity index (χ3n) is 6.56. The Morgan fingerprint density at radius 1 is 1.27 bits per heavy atom. The molecular weight excluding hydrogens is 473 g/mol. The first-order valence-electron chi connectivity index (χ1n) is 10.5. The quantitative estimate of drug-likeness (QED) is 0.371. The van der Waals surface area contributed by atoms with Crippen LogP contribution in [-0.2, 0) is 11.2 Å². The molecule has 0 unspecified atom stereocenters. The van der Waals surface area contributed by atoms with Gasteiger partial charge in [0.1, 0.15) is 11.5 Å². The van der Waals surface area contributed by atoms with Crippen LogP contribution in [0.4, 0.5) is 10.1 Å². The molecule has 0 spiro atoms. The Morgan fingerprint density at radius 2 is 1.97 bits per heavy atom. The fourth-order valence-corrected chi connectivity index (χ4v) is 7.47. The molecule has 1 saturated heterocycles. The zero-order chi connectivity index (χ0) is 23.9. The van der Waals surface area contributed by atoms with Crippen LogP contribution in [0, 0.1) is 18.7 Å². The van der Waals surface area contributed by atoms with Crippen molar-refractivity contribution < 1.29 is 27.9 Å². The van der Waals surface area contributed by atoms with E-state index in [0.717, 1.165) is 12.5 Å². The summed E-state index contributed by atoms with van der Waals surface area (Å²) < 4.78 is 34.6. The van der Waals surface area contributed by atoms with Crippen LogP contribution >= 0.6 is 22.2 Å². The Labute approximate surface area is 195 Å². The van der Waals surface area contributed by atoms with Gasteiger partial charge in [-0.2, -0.15) is 10.6 Å². The molecule has 1 aromatic carbocycles. The van der Waals surface area contributed by atoms with Crippen molar-refractivity contribution in [2.24, 2.45) is 5.92 Å². The van der Waals surface area contributed by atoms with Gasteiger partial charge in [-0.05, 0) is 56.4 Å². The molecule has 4 N–H and O–H groups in total. The zero-order valence-electron chi connectivity index (χ0n) is 17.9. The van der Waals surface area contributed by atoms with Crippen molar-refractivity contribution in [3.05, 3.63) is 51.6 Å². The minimum atomic E-state index is -2.70. The van der Waals surface area contributed by atoms with Crippen molar-refractivity contribution in [2.75, 3.05) is 16.8 Å². The van der Waals surface area contributed by atoms with Gasteiger partial charge >= 0.3 is 0 Å². The number of nitrogens with zero attached hydrogens (tertiary/aromatic N) is 1. The second-order valence-corrected chi connectivity index (χ2v) is 12.0. The van der Waals surface area contributed by atoms with E-state index in [1.807, 2.05) is 4.57 Å². The number of aromatic nitrogens is 1. The van der Waals surface area contributed by atoms with Crippen molar-refractivity contribution in [2.45, 2.75) is 38.3 Å². The van der Waals surface area contributed by atoms with Gasteiger partial charge in [-0.15, -0.1) is 0 Å². The smallest absolute Gasteiger partial charge is 0.292 e. The van der Waals surface area contributed by atoms with Gasteiger partial charge in [0.15, 0.2) is 0 Å². The Bertz CT molecular complexity index is 1240. The standard InChI is InChI=1S/C22H23ClFN3O5S/c1-10-17(19(28)21(30)26-22(2)8-33(31,32)9-22)16-6-11-5-15(11)27(16)18(10)20(29)25-12-3-4-14(24)13(23)7-12/h3-4,7,11,15,31-32H,5-6,8-9H2,1-2H3,(H,25,29)(H,26,30)/t11-,15-/m1/s1. The molecule has 11 heteroatoms. The number of benzene rings is 1. The van der Waals surface area contributed by atoms with Gasteiger partial charge in [0, 0.05) is 17.4 Å². The van der Waals surface area contributed by atoms with E-state index in [4.69, 9.17) is 11.6 Å². The Kier molecular flexibility index (Phi) is 4.95. The number of fused-ring (bicyclic) bond motifs is 3. The summed E-state index contributed by atoms with van der Waals surface area (Å²) in [6.45, 7) is 3.30. The molecule has 2 amide bonds. The molecule has 0 bridgehead atoms. The number of hydrogen-bond donors (Lipinski definition) is 4. The first kappa shape index (κ1) is 22.4. The van der Waals surface area contributed by atoms with Crippen LogP contribution in [0.2, 0.25) is 5.02 Å². The first-order valence-corrected chi connectivity index (χ1v) is 12.8. The Morgan fingerprint density at radius 3 is 2.61 bits per heavy atom. The number of hydrogen-bond acceptors (Lipinski definition) is 5. The van der Waals surface area contributed by atoms with Crippen molar-refractivity contribution in [3.8, 4) is 0 Å². The number of nitrogens with one attached hydrogen (secondary N) is 2. The Hall–Kier alpha value is -2.40. The number of anilines is 1. The lowest BCUT2D eigenvalue weighted by atomic mass is 10.0. The summed E-state index contributed by atoms with van der Waals surface area (Å²) in [5.74, 6) is -2.31. The van der Waals surface area contributed by atoms with E-state index in [1.165, 1.54) is 12.1 Å². The van der Waals surface area contributed by atoms with Gasteiger partial charge in [-0.3, -0.25) is 23.5 Å². The van der Waals surface area contributed by atoms with Crippen LogP contribution in [-0.4, -0.2) is 48.3 Å². The number of Topliss-reactive ketones (excluding diaryl/α,β-unsaturated/α-hetero) is 1. The highest BCUT2D eigenvalue weighted by molar-refractivity contribution is 8.25. The molecule has 1 saturated carbocycles. The molecule has 176 valence electrons. The fraction of sp³-hybridized carbons (Fsp3) is 0.409. The van der Waals surface area contributed by atoms with Crippen molar-refractivity contribution >= 4 is 45.5 Å². The van der Waals surface area contributed by atoms with E-state index in [2.05, 4.69) is 10.6 Å². The number of ketones is 1. The number of rotatable bonds is 5. The topological polar surface area (TPSA) is 121 Å². The molecule has 3 heterocycles. The SMILES string of the molecule is Cc1c(C(=O)C(=O)NC2(C)CS(O)(O)C2)c2n(c1C(=O)Nc1ccc(F)c(Cl)c1)[C@@H]1C[C@@H]1C2. The highest BCUT2D eigenvalue weighted by atomic mass is 35.5. The predicted octanol–water partition coefficient (Wildman–Crippen LogP) is 3.78. The first-order chi connectivity index (χ1) is 15.4. The van der Waals surface area contributed by atoms with Crippen LogP contribution in [0.1, 0.15) is 51.5 Å². The molecule has 2 aromatic rings. The van der Waals surface area contributed by atoms with Gasteiger partial charge in [0.25, 0.3) is 17.6 Å². The van der Waals surface area contributed by atoms with Crippen molar-refractivity contribution in [1.82, 2.24) is 9.88 Å². The van der Waals surface area contributed by atoms with Gasteiger partial charge in [-0.25, -0.2) is 4.39 Å². The summed E-state index contributed by atoms with van der Waals surface area (Å²) in [4.78, 5) is 39.1. The van der Waals surface area contributed by atoms with E-state index in [0.29, 0.717) is 35.0 Å². The van der Waals surface area contributed by atoms with Crippen LogP contribution in [0.3, 0.4) is 0 Å². The maximum atomic E-state index is 13.5. The summed E-state index contributed by atoms with van der Waals surface area (Å²) >= 11 is 5.82. The van der Waals surface area contributed by atoms with E-state index >= 15 is 0 Å². The minimum absolute atomic E-state index is 0.00387. The zero-order valence-corrected chi connectivity index (χ0v) is 19.5. The average molecular weight is 496 g/mol. The molecule has 8 nitrogen and oxygen atoms in total. The maximum Gasteiger partial charge on any atom is 0.292 e. The normalized spacial score (nSPS) is 24.2. The molecule has 2 fully saturated rings. The molecular formula is C22H23ClFN3O5S. The van der Waals surface area contributed by atoms with Gasteiger partial charge in [0.05, 0.1) is 27.6 Å². The average Bonchev–Trinajstić information content (AvgIpc) is 3.26. The van der Waals surface area contributed by atoms with E-state index < -0.39 is 39.5 Å². The minimum Gasteiger partial charge on any atom is -0.341 e. The van der Waals surface area contributed by atoms with Crippen LogP contribution in [0.5, 0.6) is 0 Å². The lowest BCUT2D eigenvalue weighted by molar-refractivity contribution is -0.118. The van der Waals surface area contributed by atoms with Gasteiger partial charge < -0.3 is 15.2 Å². The van der Waals surface area contributed by atoms with Gasteiger partial charge in [0.2, 0.25) is 0 Å². The summed E-state index contributed by atoms with van der Waals surface area (Å²) in [7, 11) is -2.70. The number of carbonyl (C=O) groups is 3. The van der Waals surface area contributed by atoms with Crippen LogP contribution < -0.4 is 10.6 Å². The second-order valence-electron chi connectivity index (χ2n) is 9.45. The molecule has 2 atom stereocenters. The molecule has 3 aliphatic rings. The van der Waals surface area contributed by atoms with Crippen molar-refractivity contribution in [3.63, 3.8) is 0 Å². The summed E-state index contributed by atoms with van der Waals surface area (Å²) in [6, 6.07) is 3.96. The highest BCUT2D eigenvalue weighted by Gasteiger charge is 2.51. The number of carbonyl (C=O) groups excluding carboxylic acids is 3. The number of amides is 2. The summed E-state index contributed by atoms with van der Waals surface area (Å²) in [6.07, 6.45) is 1.51. The largest absolute Gasteiger partial charge is 0.341 e. The molecule has 2 aliphatic heterocycles. The van der Waals surface area contributed by atoms with E-state index in [9.17, 15) is 27.9 Å². The number of halogens is 2. The molecule has 0 radical (unpaired) electrons. The van der Waals surface area contributed by atoms with E-state index in [1.54, 1.807) is 13.8 Å². The Balaban J connectivity index is 1.44. The summed E-state index contributed by atoms with van der Waals surface area (Å²) in [5.41, 5.74) is 1.05. The second kappa shape index (κ2) is 7.30. The molecule has 33 heavy (non-hydrogen) atoms. The molecule has 1 aliphatic carbocycles. The maximum absolute atomic E-state index is 13.5. The van der Waals surface area contributed by atoms with Crippen LogP contribution in [0.25, 0.3) is 0 Å². The summed E-state index contributed by atoms with van der Waals surface area (Å²) in [5, 5.41) is 5.21. The third-order valence-corrected chi connectivity index (χ3v) is 9.05. The van der Waals surface area contributed by atoms with Crippen LogP contribution in [0.15, 0.2) is 18.2 Å². The molecule has 1 aromatic heterocycles. The predicted molar refractivity (Wildman–Crippen MR) is 123 cm³/mol. The third kappa shape index (κ3) is 3.74. The fourth-order valence-electron chi connectivity index (χ4n) is 5.19. The van der Waals surface area contributed by atoms with Crippen molar-refractivity contribution in [1.29, 1.82) is 0 Å². The van der Waals surface area contributed by atoms with E-state index in [-0.39, 0.29) is 28.1 Å². The highest BCUT2D eigenvalue weighted by Crippen LogP contribution is 2.55. The lowest BCUT2D eigenvalue weighted by Gasteiger charge is -2.54.